The average Bonchev–Trinajstić information content (AvgIpc) is 2.68. The Hall–Kier alpha value is -3.94. The largest absolute Gasteiger partial charge is 0.505 e. The van der Waals surface area contributed by atoms with E-state index in [-0.39, 0.29) is 11.8 Å². The Morgan fingerprint density at radius 2 is 1.80 bits per heavy atom. The normalized spacial score (nSPS) is 10.7. The van der Waals surface area contributed by atoms with E-state index in [0.717, 1.165) is 16.3 Å². The zero-order chi connectivity index (χ0) is 21.8. The zero-order valence-electron chi connectivity index (χ0n) is 16.7. The van der Waals surface area contributed by atoms with Crippen molar-refractivity contribution in [2.24, 2.45) is 0 Å². The fourth-order valence-corrected chi connectivity index (χ4v) is 2.72. The molecule has 0 atom stereocenters. The van der Waals surface area contributed by atoms with Gasteiger partial charge in [0.15, 0.2) is 11.4 Å². The number of aryl methyl sites for hydroxylation is 1. The molecule has 3 rings (SSSR count). The number of nitrogens with zero attached hydrogens (tertiary/aromatic N) is 2. The molecule has 2 aromatic carbocycles. The highest BCUT2D eigenvalue weighted by molar-refractivity contribution is 6.04. The first-order valence-corrected chi connectivity index (χ1v) is 9.27. The Balaban J connectivity index is 1.84. The number of hydrogen-bond donors (Lipinski definition) is 2. The molecule has 30 heavy (non-hydrogen) atoms. The van der Waals surface area contributed by atoms with Gasteiger partial charge in [0.25, 0.3) is 11.5 Å². The molecule has 0 aliphatic heterocycles. The second-order valence-corrected chi connectivity index (χ2v) is 6.95. The van der Waals surface area contributed by atoms with Crippen LogP contribution in [0.3, 0.4) is 0 Å². The number of anilines is 1. The van der Waals surface area contributed by atoms with Gasteiger partial charge >= 0.3 is 5.97 Å². The second-order valence-electron chi connectivity index (χ2n) is 6.95. The van der Waals surface area contributed by atoms with E-state index in [9.17, 15) is 19.5 Å². The SMILES string of the molecule is Cc1cccc(-n2nc(C(=O)Nc3ccc(C(=O)OC(C)C)cc3)c(O)cc2=O)c1. The molecule has 0 radical (unpaired) electrons. The molecule has 3 aromatic rings. The third-order valence-corrected chi connectivity index (χ3v) is 4.09. The van der Waals surface area contributed by atoms with Crippen LogP contribution in [0, 0.1) is 6.92 Å². The van der Waals surface area contributed by atoms with Crippen LogP contribution in [0.25, 0.3) is 5.69 Å². The summed E-state index contributed by atoms with van der Waals surface area (Å²) in [6, 6.07) is 14.1. The van der Waals surface area contributed by atoms with Crippen LogP contribution in [0.5, 0.6) is 5.75 Å². The molecule has 1 aromatic heterocycles. The molecule has 0 aliphatic carbocycles. The standard InChI is InChI=1S/C22H21N3O5/c1-13(2)30-22(29)15-7-9-16(10-8-15)23-21(28)20-18(26)12-19(27)25(24-20)17-6-4-5-14(3)11-17/h4-13,26H,1-3H3,(H,23,28). The number of aromatic hydroxyl groups is 1. The molecule has 8 nitrogen and oxygen atoms in total. The third-order valence-electron chi connectivity index (χ3n) is 4.09. The number of esters is 1. The quantitative estimate of drug-likeness (QED) is 0.629. The molecular formula is C22H21N3O5. The van der Waals surface area contributed by atoms with Gasteiger partial charge in [-0.05, 0) is 62.7 Å². The lowest BCUT2D eigenvalue weighted by Gasteiger charge is -2.11. The van der Waals surface area contributed by atoms with E-state index >= 15 is 0 Å². The summed E-state index contributed by atoms with van der Waals surface area (Å²) in [4.78, 5) is 36.7. The van der Waals surface area contributed by atoms with Crippen LogP contribution in [0.15, 0.2) is 59.4 Å². The Morgan fingerprint density at radius 1 is 1.10 bits per heavy atom. The van der Waals surface area contributed by atoms with Crippen LogP contribution in [0.2, 0.25) is 0 Å². The molecule has 2 N–H and O–H groups in total. The molecule has 8 heteroatoms. The molecule has 0 saturated heterocycles. The van der Waals surface area contributed by atoms with E-state index in [1.807, 2.05) is 13.0 Å². The van der Waals surface area contributed by atoms with E-state index in [0.29, 0.717) is 16.9 Å². The number of carbonyl (C=O) groups is 2. The molecule has 154 valence electrons. The van der Waals surface area contributed by atoms with Crippen LogP contribution >= 0.6 is 0 Å². The molecule has 1 amide bonds. The van der Waals surface area contributed by atoms with E-state index in [1.54, 1.807) is 32.0 Å². The first-order chi connectivity index (χ1) is 14.2. The Labute approximate surface area is 172 Å². The fourth-order valence-electron chi connectivity index (χ4n) is 2.72. The number of rotatable bonds is 5. The van der Waals surface area contributed by atoms with Crippen molar-refractivity contribution in [3.8, 4) is 11.4 Å². The maximum absolute atomic E-state index is 12.6. The Kier molecular flexibility index (Phi) is 5.96. The summed E-state index contributed by atoms with van der Waals surface area (Å²) < 4.78 is 6.16. The average molecular weight is 407 g/mol. The first kappa shape index (κ1) is 20.8. The number of hydrogen-bond acceptors (Lipinski definition) is 6. The van der Waals surface area contributed by atoms with Crippen molar-refractivity contribution in [3.63, 3.8) is 0 Å². The minimum atomic E-state index is -0.702. The number of nitrogens with one attached hydrogen (secondary N) is 1. The zero-order valence-corrected chi connectivity index (χ0v) is 16.7. The predicted octanol–water partition coefficient (Wildman–Crippen LogP) is 3.06. The molecular weight excluding hydrogens is 386 g/mol. The third kappa shape index (κ3) is 4.72. The van der Waals surface area contributed by atoms with Gasteiger partial charge in [-0.3, -0.25) is 9.59 Å². The number of aromatic nitrogens is 2. The number of benzene rings is 2. The van der Waals surface area contributed by atoms with Gasteiger partial charge in [0.2, 0.25) is 0 Å². The molecule has 0 aliphatic rings. The summed E-state index contributed by atoms with van der Waals surface area (Å²) in [5.74, 6) is -1.70. The molecule has 0 saturated carbocycles. The van der Waals surface area contributed by atoms with Gasteiger partial charge in [-0.1, -0.05) is 12.1 Å². The lowest BCUT2D eigenvalue weighted by molar-refractivity contribution is 0.0378. The Morgan fingerprint density at radius 3 is 2.43 bits per heavy atom. The van der Waals surface area contributed by atoms with Crippen molar-refractivity contribution in [2.45, 2.75) is 26.9 Å². The summed E-state index contributed by atoms with van der Waals surface area (Å²) in [5.41, 5.74) is 1.24. The van der Waals surface area contributed by atoms with Crippen molar-refractivity contribution in [3.05, 3.63) is 81.8 Å². The van der Waals surface area contributed by atoms with E-state index in [4.69, 9.17) is 4.74 Å². The monoisotopic (exact) mass is 407 g/mol. The maximum atomic E-state index is 12.6. The van der Waals surface area contributed by atoms with Crippen LogP contribution in [-0.2, 0) is 4.74 Å². The molecule has 0 bridgehead atoms. The Bertz CT molecular complexity index is 1150. The van der Waals surface area contributed by atoms with Gasteiger partial charge in [0, 0.05) is 11.8 Å². The fraction of sp³-hybridized carbons (Fsp3) is 0.182. The van der Waals surface area contributed by atoms with E-state index < -0.39 is 23.2 Å². The summed E-state index contributed by atoms with van der Waals surface area (Å²) in [6.45, 7) is 5.37. The topological polar surface area (TPSA) is 111 Å². The van der Waals surface area contributed by atoms with Gasteiger partial charge in [-0.25, -0.2) is 4.79 Å². The van der Waals surface area contributed by atoms with Gasteiger partial charge in [-0.2, -0.15) is 9.78 Å². The summed E-state index contributed by atoms with van der Waals surface area (Å²) in [5, 5.41) is 16.7. The minimum Gasteiger partial charge on any atom is -0.505 e. The maximum Gasteiger partial charge on any atom is 0.338 e. The molecule has 0 fully saturated rings. The van der Waals surface area contributed by atoms with E-state index in [1.165, 1.54) is 24.3 Å². The number of ether oxygens (including phenoxy) is 1. The highest BCUT2D eigenvalue weighted by atomic mass is 16.5. The van der Waals surface area contributed by atoms with Crippen molar-refractivity contribution in [2.75, 3.05) is 5.32 Å². The van der Waals surface area contributed by atoms with Crippen molar-refractivity contribution < 1.29 is 19.4 Å². The smallest absolute Gasteiger partial charge is 0.338 e. The minimum absolute atomic E-state index is 0.241. The van der Waals surface area contributed by atoms with Gasteiger partial charge in [0.05, 0.1) is 17.4 Å². The number of carbonyl (C=O) groups excluding carboxylic acids is 2. The highest BCUT2D eigenvalue weighted by Gasteiger charge is 2.18. The summed E-state index contributed by atoms with van der Waals surface area (Å²) in [6.07, 6.45) is -0.241. The highest BCUT2D eigenvalue weighted by Crippen LogP contribution is 2.17. The first-order valence-electron chi connectivity index (χ1n) is 9.27. The van der Waals surface area contributed by atoms with Gasteiger partial charge in [0.1, 0.15) is 0 Å². The molecule has 0 unspecified atom stereocenters. The lowest BCUT2D eigenvalue weighted by Crippen LogP contribution is -2.25. The van der Waals surface area contributed by atoms with Gasteiger partial charge < -0.3 is 15.2 Å². The van der Waals surface area contributed by atoms with Crippen molar-refractivity contribution in [1.29, 1.82) is 0 Å². The summed E-state index contributed by atoms with van der Waals surface area (Å²) >= 11 is 0. The van der Waals surface area contributed by atoms with Crippen LogP contribution < -0.4 is 10.9 Å². The van der Waals surface area contributed by atoms with Crippen molar-refractivity contribution in [1.82, 2.24) is 9.78 Å². The lowest BCUT2D eigenvalue weighted by atomic mass is 10.2. The molecule has 1 heterocycles. The van der Waals surface area contributed by atoms with Crippen molar-refractivity contribution >= 4 is 17.6 Å². The predicted molar refractivity (Wildman–Crippen MR) is 111 cm³/mol. The van der Waals surface area contributed by atoms with Crippen LogP contribution in [0.1, 0.15) is 40.3 Å². The van der Waals surface area contributed by atoms with E-state index in [2.05, 4.69) is 10.4 Å². The van der Waals surface area contributed by atoms with Gasteiger partial charge in [-0.15, -0.1) is 0 Å². The van der Waals surface area contributed by atoms with Crippen LogP contribution in [0.4, 0.5) is 5.69 Å². The van der Waals surface area contributed by atoms with Crippen LogP contribution in [-0.4, -0.2) is 32.9 Å². The second kappa shape index (κ2) is 8.60. The summed E-state index contributed by atoms with van der Waals surface area (Å²) in [7, 11) is 0. The number of amides is 1. The molecule has 0 spiro atoms.